The number of hydrogen-bond acceptors (Lipinski definition) is 4. The van der Waals surface area contributed by atoms with Crippen LogP contribution >= 0.6 is 0 Å². The Morgan fingerprint density at radius 3 is 2.73 bits per heavy atom. The van der Waals surface area contributed by atoms with Gasteiger partial charge >= 0.3 is 5.97 Å². The molecule has 0 saturated carbocycles. The van der Waals surface area contributed by atoms with E-state index in [9.17, 15) is 14.0 Å². The Labute approximate surface area is 126 Å². The predicted molar refractivity (Wildman–Crippen MR) is 79.1 cm³/mol. The number of nitrogens with one attached hydrogen (secondary N) is 2. The molecule has 6 heteroatoms. The number of hydrogen-bond donors (Lipinski definition) is 2. The van der Waals surface area contributed by atoms with Crippen LogP contribution in [0, 0.1) is 5.82 Å². The summed E-state index contributed by atoms with van der Waals surface area (Å²) in [6.45, 7) is 0. The summed E-state index contributed by atoms with van der Waals surface area (Å²) >= 11 is 0. The van der Waals surface area contributed by atoms with E-state index in [2.05, 4.69) is 10.6 Å². The highest BCUT2D eigenvalue weighted by Crippen LogP contribution is 2.29. The van der Waals surface area contributed by atoms with Crippen molar-refractivity contribution in [1.29, 1.82) is 0 Å². The predicted octanol–water partition coefficient (Wildman–Crippen LogP) is 2.55. The molecular weight excluding hydrogens is 287 g/mol. The van der Waals surface area contributed by atoms with Crippen molar-refractivity contribution in [1.82, 2.24) is 0 Å². The van der Waals surface area contributed by atoms with Gasteiger partial charge in [0.2, 0.25) is 5.91 Å². The topological polar surface area (TPSA) is 67.4 Å². The van der Waals surface area contributed by atoms with E-state index in [1.165, 1.54) is 18.2 Å². The van der Waals surface area contributed by atoms with Crippen molar-refractivity contribution in [3.8, 4) is 5.75 Å². The molecule has 0 aliphatic carbocycles. The van der Waals surface area contributed by atoms with Gasteiger partial charge in [-0.05, 0) is 24.3 Å². The molecule has 0 fully saturated rings. The number of esters is 1. The normalized spacial score (nSPS) is 16.2. The van der Waals surface area contributed by atoms with Crippen LogP contribution in [0.25, 0.3) is 0 Å². The van der Waals surface area contributed by atoms with Gasteiger partial charge in [0.25, 0.3) is 0 Å². The zero-order valence-corrected chi connectivity index (χ0v) is 11.5. The van der Waals surface area contributed by atoms with Crippen LogP contribution in [0.4, 0.5) is 15.8 Å². The van der Waals surface area contributed by atoms with Gasteiger partial charge in [-0.1, -0.05) is 24.3 Å². The lowest BCUT2D eigenvalue weighted by Gasteiger charge is -2.25. The fraction of sp³-hybridized carbons (Fsp3) is 0.125. The molecular formula is C16H13FN2O3. The van der Waals surface area contributed by atoms with Crippen LogP contribution in [0.15, 0.2) is 48.5 Å². The molecule has 0 saturated heterocycles. The first-order valence-corrected chi connectivity index (χ1v) is 6.75. The highest BCUT2D eigenvalue weighted by Gasteiger charge is 2.29. The summed E-state index contributed by atoms with van der Waals surface area (Å²) in [4.78, 5) is 23.8. The lowest BCUT2D eigenvalue weighted by atomic mass is 10.1. The Bertz CT molecular complexity index is 733. The Morgan fingerprint density at radius 1 is 1.18 bits per heavy atom. The number of anilines is 2. The monoisotopic (exact) mass is 300 g/mol. The largest absolute Gasteiger partial charge is 0.423 e. The molecule has 2 N–H and O–H groups in total. The summed E-state index contributed by atoms with van der Waals surface area (Å²) in [5.74, 6) is -1.11. The van der Waals surface area contributed by atoms with Crippen molar-refractivity contribution >= 4 is 23.3 Å². The molecule has 0 aromatic heterocycles. The number of ether oxygens (including phenoxy) is 1. The maximum Gasteiger partial charge on any atom is 0.334 e. The molecule has 1 aliphatic heterocycles. The van der Waals surface area contributed by atoms with E-state index >= 15 is 0 Å². The van der Waals surface area contributed by atoms with Crippen LogP contribution in [-0.2, 0) is 9.59 Å². The standard InChI is InChI=1S/C16H13FN2O3/c17-10-5-1-2-6-11(10)19-15(20)9-13-16(21)22-14-8-4-3-7-12(14)18-13/h1-8,13,18H,9H2,(H,19,20)/t13-/m0/s1. The molecule has 0 unspecified atom stereocenters. The summed E-state index contributed by atoms with van der Waals surface area (Å²) in [6.07, 6.45) is -0.151. The minimum absolute atomic E-state index is 0.0806. The average Bonchev–Trinajstić information content (AvgIpc) is 2.50. The van der Waals surface area contributed by atoms with Crippen LogP contribution in [0.3, 0.4) is 0 Å². The van der Waals surface area contributed by atoms with Gasteiger partial charge in [-0.25, -0.2) is 9.18 Å². The van der Waals surface area contributed by atoms with Crippen LogP contribution in [-0.4, -0.2) is 17.9 Å². The highest BCUT2D eigenvalue weighted by atomic mass is 19.1. The molecule has 3 rings (SSSR count). The molecule has 2 aromatic carbocycles. The summed E-state index contributed by atoms with van der Waals surface area (Å²) in [5.41, 5.74) is 0.725. The third kappa shape index (κ3) is 2.90. The van der Waals surface area contributed by atoms with Crippen molar-refractivity contribution in [2.45, 2.75) is 12.5 Å². The van der Waals surface area contributed by atoms with Gasteiger partial charge in [-0.15, -0.1) is 0 Å². The number of amides is 1. The first-order chi connectivity index (χ1) is 10.6. The SMILES string of the molecule is O=C(C[C@@H]1Nc2ccccc2OC1=O)Nc1ccccc1F. The Balaban J connectivity index is 1.67. The molecule has 1 aliphatic rings. The zero-order chi connectivity index (χ0) is 15.5. The van der Waals surface area contributed by atoms with Gasteiger partial charge in [0.1, 0.15) is 11.9 Å². The number of benzene rings is 2. The lowest BCUT2D eigenvalue weighted by Crippen LogP contribution is -2.39. The Kier molecular flexibility index (Phi) is 3.74. The number of carbonyl (C=O) groups is 2. The third-order valence-corrected chi connectivity index (χ3v) is 3.25. The highest BCUT2D eigenvalue weighted by molar-refractivity contribution is 5.97. The number of fused-ring (bicyclic) bond motifs is 1. The van der Waals surface area contributed by atoms with Crippen LogP contribution in [0.2, 0.25) is 0 Å². The number of carbonyl (C=O) groups excluding carboxylic acids is 2. The minimum atomic E-state index is -0.804. The molecule has 1 heterocycles. The first kappa shape index (κ1) is 14.1. The van der Waals surface area contributed by atoms with Gasteiger partial charge in [0, 0.05) is 0 Å². The summed E-state index contributed by atoms with van der Waals surface area (Å²) < 4.78 is 18.6. The van der Waals surface area contributed by atoms with E-state index in [-0.39, 0.29) is 12.1 Å². The summed E-state index contributed by atoms with van der Waals surface area (Å²) in [7, 11) is 0. The van der Waals surface area contributed by atoms with E-state index in [1.54, 1.807) is 30.3 Å². The third-order valence-electron chi connectivity index (χ3n) is 3.25. The second-order valence-corrected chi connectivity index (χ2v) is 4.85. The van der Waals surface area contributed by atoms with E-state index in [0.717, 1.165) is 0 Å². The maximum atomic E-state index is 13.5. The van der Waals surface area contributed by atoms with E-state index in [0.29, 0.717) is 11.4 Å². The molecule has 22 heavy (non-hydrogen) atoms. The molecule has 5 nitrogen and oxygen atoms in total. The zero-order valence-electron chi connectivity index (χ0n) is 11.5. The maximum absolute atomic E-state index is 13.5. The van der Waals surface area contributed by atoms with Crippen LogP contribution < -0.4 is 15.4 Å². The first-order valence-electron chi connectivity index (χ1n) is 6.75. The van der Waals surface area contributed by atoms with Crippen LogP contribution in [0.1, 0.15) is 6.42 Å². The molecule has 0 radical (unpaired) electrons. The number of rotatable bonds is 3. The van der Waals surface area contributed by atoms with E-state index in [4.69, 9.17) is 4.74 Å². The Hall–Kier alpha value is -2.89. The molecule has 112 valence electrons. The number of halogens is 1. The van der Waals surface area contributed by atoms with Crippen molar-refractivity contribution in [3.05, 3.63) is 54.3 Å². The van der Waals surface area contributed by atoms with E-state index in [1.807, 2.05) is 0 Å². The van der Waals surface area contributed by atoms with Gasteiger partial charge in [0.05, 0.1) is 17.8 Å². The smallest absolute Gasteiger partial charge is 0.334 e. The molecule has 2 aromatic rings. The molecule has 1 amide bonds. The second-order valence-electron chi connectivity index (χ2n) is 4.85. The Morgan fingerprint density at radius 2 is 1.91 bits per heavy atom. The average molecular weight is 300 g/mol. The van der Waals surface area contributed by atoms with Crippen molar-refractivity contribution in [2.24, 2.45) is 0 Å². The number of para-hydroxylation sites is 3. The van der Waals surface area contributed by atoms with E-state index < -0.39 is 23.7 Å². The van der Waals surface area contributed by atoms with Crippen LogP contribution in [0.5, 0.6) is 5.75 Å². The van der Waals surface area contributed by atoms with Gasteiger partial charge < -0.3 is 15.4 Å². The second kappa shape index (κ2) is 5.85. The molecule has 1 atom stereocenters. The van der Waals surface area contributed by atoms with Gasteiger partial charge in [0.15, 0.2) is 5.75 Å². The lowest BCUT2D eigenvalue weighted by molar-refractivity contribution is -0.137. The molecule has 0 bridgehead atoms. The van der Waals surface area contributed by atoms with Crippen molar-refractivity contribution in [2.75, 3.05) is 10.6 Å². The summed E-state index contributed by atoms with van der Waals surface area (Å²) in [5, 5.41) is 5.39. The van der Waals surface area contributed by atoms with Crippen molar-refractivity contribution in [3.63, 3.8) is 0 Å². The molecule has 0 spiro atoms. The van der Waals surface area contributed by atoms with Gasteiger partial charge in [-0.2, -0.15) is 0 Å². The fourth-order valence-electron chi connectivity index (χ4n) is 2.18. The quantitative estimate of drug-likeness (QED) is 0.675. The fourth-order valence-corrected chi connectivity index (χ4v) is 2.18. The van der Waals surface area contributed by atoms with Gasteiger partial charge in [-0.3, -0.25) is 4.79 Å². The summed E-state index contributed by atoms with van der Waals surface area (Å²) in [6, 6.07) is 12.0. The van der Waals surface area contributed by atoms with Crippen molar-refractivity contribution < 1.29 is 18.7 Å². The minimum Gasteiger partial charge on any atom is -0.423 e.